The van der Waals surface area contributed by atoms with E-state index in [1.54, 1.807) is 6.33 Å². The van der Waals surface area contributed by atoms with E-state index in [0.29, 0.717) is 47.7 Å². The first-order chi connectivity index (χ1) is 19.2. The number of nitrogen functional groups attached to an aromatic ring is 1. The fourth-order valence-corrected chi connectivity index (χ4v) is 7.29. The van der Waals surface area contributed by atoms with Crippen molar-refractivity contribution in [3.05, 3.63) is 59.4 Å². The molecule has 4 aliphatic rings. The van der Waals surface area contributed by atoms with Crippen molar-refractivity contribution in [1.82, 2.24) is 30.0 Å². The predicted octanol–water partition coefficient (Wildman–Crippen LogP) is 5.17. The summed E-state index contributed by atoms with van der Waals surface area (Å²) in [5.41, 5.74) is 6.96. The van der Waals surface area contributed by atoms with Gasteiger partial charge in [0.05, 0.1) is 30.6 Å². The molecule has 11 heteroatoms. The zero-order chi connectivity index (χ0) is 28.0. The molecule has 1 aromatic carbocycles. The summed E-state index contributed by atoms with van der Waals surface area (Å²) in [4.78, 5) is 11.8. The first kappa shape index (κ1) is 27.3. The number of nitrogens with two attached hydrogens (primary N) is 1. The van der Waals surface area contributed by atoms with E-state index >= 15 is 0 Å². The number of halogens is 4. The second-order valence-electron chi connectivity index (χ2n) is 11.8. The van der Waals surface area contributed by atoms with Gasteiger partial charge < -0.3 is 21.3 Å². The molecule has 216 valence electrons. The van der Waals surface area contributed by atoms with Crippen LogP contribution in [0.3, 0.4) is 0 Å². The van der Waals surface area contributed by atoms with Gasteiger partial charge in [-0.2, -0.15) is 18.2 Å². The van der Waals surface area contributed by atoms with Gasteiger partial charge in [-0.05, 0) is 68.3 Å². The van der Waals surface area contributed by atoms with Crippen LogP contribution in [0, 0.1) is 5.82 Å². The van der Waals surface area contributed by atoms with E-state index in [0.717, 1.165) is 68.8 Å². The lowest BCUT2D eigenvalue weighted by Gasteiger charge is -2.54. The van der Waals surface area contributed by atoms with Crippen LogP contribution in [0.2, 0.25) is 0 Å². The van der Waals surface area contributed by atoms with E-state index in [2.05, 4.69) is 20.5 Å². The molecule has 2 aromatic rings. The third-order valence-corrected chi connectivity index (χ3v) is 9.75. The van der Waals surface area contributed by atoms with Gasteiger partial charge in [0, 0.05) is 31.8 Å². The summed E-state index contributed by atoms with van der Waals surface area (Å²) >= 11 is 0. The van der Waals surface area contributed by atoms with Crippen molar-refractivity contribution in [2.75, 3.05) is 38.5 Å². The Morgan fingerprint density at radius 3 is 2.27 bits per heavy atom. The van der Waals surface area contributed by atoms with Gasteiger partial charge in [0.25, 0.3) is 5.79 Å². The van der Waals surface area contributed by atoms with Gasteiger partial charge in [0.2, 0.25) is 5.82 Å². The molecule has 7 nitrogen and oxygen atoms in total. The molecule has 6 rings (SSSR count). The molecule has 1 aliphatic carbocycles. The van der Waals surface area contributed by atoms with Crippen LogP contribution < -0.4 is 20.9 Å². The molecule has 4 heterocycles. The van der Waals surface area contributed by atoms with Gasteiger partial charge in [0.15, 0.2) is 0 Å². The lowest BCUT2D eigenvalue weighted by molar-refractivity contribution is -0.140. The Labute approximate surface area is 232 Å². The average Bonchev–Trinajstić information content (AvgIpc) is 3.60. The van der Waals surface area contributed by atoms with Crippen LogP contribution in [0.5, 0.6) is 0 Å². The van der Waals surface area contributed by atoms with Crippen molar-refractivity contribution < 1.29 is 17.6 Å². The number of hydrogen-bond donors (Lipinski definition) is 3. The summed E-state index contributed by atoms with van der Waals surface area (Å²) in [6.45, 7) is 4.46. The molecule has 0 unspecified atom stereocenters. The summed E-state index contributed by atoms with van der Waals surface area (Å²) in [6.07, 6.45) is 8.62. The number of alkyl halides is 3. The molecule has 0 amide bonds. The first-order valence-electron chi connectivity index (χ1n) is 14.5. The summed E-state index contributed by atoms with van der Waals surface area (Å²) in [7, 11) is 0. The van der Waals surface area contributed by atoms with E-state index in [1.807, 2.05) is 12.4 Å². The van der Waals surface area contributed by atoms with E-state index in [9.17, 15) is 17.6 Å². The third kappa shape index (κ3) is 4.70. The standard InChI is InChI=1S/C29H38F4N7/c30-24-18-22(6-7-23(24)29(31,32)33)20-8-16-40(17-9-20,27-25(21-4-3-5-21)26(34)35-19-36-27)28(37-11-12-38-28)10-15-39-13-1-2-14-39/h6-7,11-12,18-21,37-38H,1-5,8-10,13-17H2,(H2,34,35,36)/q+1. The highest BCUT2D eigenvalue weighted by Gasteiger charge is 2.57. The number of nitrogens with zero attached hydrogens (tertiary/aromatic N) is 4. The fourth-order valence-electron chi connectivity index (χ4n) is 7.29. The van der Waals surface area contributed by atoms with Crippen LogP contribution in [0.25, 0.3) is 0 Å². The van der Waals surface area contributed by atoms with Gasteiger partial charge in [-0.15, -0.1) is 0 Å². The van der Waals surface area contributed by atoms with Crippen molar-refractivity contribution in [3.8, 4) is 0 Å². The highest BCUT2D eigenvalue weighted by Crippen LogP contribution is 2.49. The van der Waals surface area contributed by atoms with Crippen molar-refractivity contribution in [3.63, 3.8) is 0 Å². The minimum absolute atomic E-state index is 0.0561. The molecule has 0 bridgehead atoms. The maximum atomic E-state index is 14.5. The number of benzene rings is 1. The Bertz CT molecular complexity index is 1240. The summed E-state index contributed by atoms with van der Waals surface area (Å²) < 4.78 is 54.6. The van der Waals surface area contributed by atoms with E-state index < -0.39 is 23.3 Å². The molecule has 4 N–H and O–H groups in total. The number of nitrogens with one attached hydrogen (secondary N) is 2. The predicted molar refractivity (Wildman–Crippen MR) is 146 cm³/mol. The smallest absolute Gasteiger partial charge is 0.383 e. The van der Waals surface area contributed by atoms with E-state index in [1.165, 1.54) is 18.9 Å². The van der Waals surface area contributed by atoms with Gasteiger partial charge in [0.1, 0.15) is 18.0 Å². The fraction of sp³-hybridized carbons (Fsp3) is 0.586. The number of rotatable bonds is 7. The van der Waals surface area contributed by atoms with Crippen molar-refractivity contribution in [2.45, 2.75) is 75.2 Å². The zero-order valence-corrected chi connectivity index (χ0v) is 22.7. The molecule has 0 atom stereocenters. The minimum atomic E-state index is -4.71. The second kappa shape index (κ2) is 10.5. The molecule has 1 aromatic heterocycles. The molecular formula is C29H38F4N7+. The van der Waals surface area contributed by atoms with Crippen LogP contribution in [-0.4, -0.2) is 53.4 Å². The number of quaternary nitrogens is 1. The Morgan fingerprint density at radius 2 is 1.68 bits per heavy atom. The van der Waals surface area contributed by atoms with Crippen molar-refractivity contribution >= 4 is 11.6 Å². The quantitative estimate of drug-likeness (QED) is 0.320. The van der Waals surface area contributed by atoms with Crippen LogP contribution in [0.4, 0.5) is 29.2 Å². The number of aromatic nitrogens is 2. The molecule has 3 fully saturated rings. The van der Waals surface area contributed by atoms with Crippen molar-refractivity contribution in [1.29, 1.82) is 0 Å². The monoisotopic (exact) mass is 560 g/mol. The van der Waals surface area contributed by atoms with E-state index in [-0.39, 0.29) is 5.92 Å². The number of hydrogen-bond acceptors (Lipinski definition) is 6. The number of anilines is 1. The summed E-state index contributed by atoms with van der Waals surface area (Å²) in [6, 6.07) is 3.39. The minimum Gasteiger partial charge on any atom is -0.383 e. The van der Waals surface area contributed by atoms with Crippen LogP contribution in [0.1, 0.15) is 79.9 Å². The number of piperidine rings is 1. The maximum Gasteiger partial charge on any atom is 0.419 e. The summed E-state index contributed by atoms with van der Waals surface area (Å²) in [5, 5.41) is 7.36. The highest BCUT2D eigenvalue weighted by atomic mass is 19.4. The zero-order valence-electron chi connectivity index (χ0n) is 22.7. The Kier molecular flexibility index (Phi) is 7.14. The second-order valence-corrected chi connectivity index (χ2v) is 11.8. The van der Waals surface area contributed by atoms with Gasteiger partial charge in [-0.1, -0.05) is 12.5 Å². The molecule has 2 saturated heterocycles. The molecule has 40 heavy (non-hydrogen) atoms. The molecule has 3 aliphatic heterocycles. The van der Waals surface area contributed by atoms with E-state index in [4.69, 9.17) is 10.7 Å². The lowest BCUT2D eigenvalue weighted by atomic mass is 9.79. The molecular weight excluding hydrogens is 522 g/mol. The average molecular weight is 561 g/mol. The Hall–Kier alpha value is -2.92. The Morgan fingerprint density at radius 1 is 0.975 bits per heavy atom. The van der Waals surface area contributed by atoms with Gasteiger partial charge in [-0.3, -0.25) is 0 Å². The topological polar surface area (TPSA) is 79.1 Å². The first-order valence-corrected chi connectivity index (χ1v) is 14.5. The maximum absolute atomic E-state index is 14.5. The largest absolute Gasteiger partial charge is 0.419 e. The van der Waals surface area contributed by atoms with Crippen LogP contribution in [-0.2, 0) is 6.18 Å². The molecule has 1 saturated carbocycles. The lowest BCUT2D eigenvalue weighted by Crippen LogP contribution is -2.78. The number of likely N-dealkylation sites (tertiary alicyclic amines) is 2. The third-order valence-electron chi connectivity index (χ3n) is 9.75. The molecule has 0 radical (unpaired) electrons. The Balaban J connectivity index is 1.36. The molecule has 0 spiro atoms. The normalized spacial score (nSPS) is 26.9. The highest BCUT2D eigenvalue weighted by molar-refractivity contribution is 5.59. The van der Waals surface area contributed by atoms with Crippen molar-refractivity contribution in [2.24, 2.45) is 0 Å². The van der Waals surface area contributed by atoms with Gasteiger partial charge >= 0.3 is 6.18 Å². The van der Waals surface area contributed by atoms with Crippen LogP contribution >= 0.6 is 0 Å². The SMILES string of the molecule is Nc1ncnc([N+]2(C3(CCN4CCCC4)NC=CN3)CCC(c3ccc(C(F)(F)F)c(F)c3)CC2)c1C1CCC1. The van der Waals surface area contributed by atoms with Gasteiger partial charge in [-0.25, -0.2) is 13.9 Å². The summed E-state index contributed by atoms with van der Waals surface area (Å²) in [5.74, 6) is -0.0489. The van der Waals surface area contributed by atoms with Crippen LogP contribution in [0.15, 0.2) is 36.9 Å².